The molecule has 0 radical (unpaired) electrons. The first-order chi connectivity index (χ1) is 15.6. The van der Waals surface area contributed by atoms with Crippen molar-refractivity contribution in [3.63, 3.8) is 0 Å². The van der Waals surface area contributed by atoms with Gasteiger partial charge in [0.1, 0.15) is 5.82 Å². The molecule has 2 aromatic carbocycles. The van der Waals surface area contributed by atoms with Crippen LogP contribution in [0.4, 0.5) is 23.2 Å². The Balaban J connectivity index is 1.65. The molecule has 1 N–H and O–H groups in total. The number of benzene rings is 2. The molecule has 33 heavy (non-hydrogen) atoms. The number of carbonyl (C=O) groups excluding carboxylic acids is 1. The highest BCUT2D eigenvalue weighted by Gasteiger charge is 2.42. The van der Waals surface area contributed by atoms with E-state index in [9.17, 15) is 30.8 Å². The Morgan fingerprint density at radius 3 is 2.36 bits per heavy atom. The maximum Gasteiger partial charge on any atom is 0.435 e. The number of nitrogens with zero attached hydrogens (tertiary/aromatic N) is 3. The standard InChI is InChI=1S/C21H18F4N4O3S/c22-13-8-10-15(11-9-13)29-19(21(23,24)25)18(27-28-29)20(30)26-14-4-3-7-17(12-14)33(31,32)16-5-1-2-6-16/h3-4,7-12,16H,1-2,5-6H2,(H,26,30). The minimum absolute atomic E-state index is 0.00327. The van der Waals surface area contributed by atoms with Crippen molar-refractivity contribution in [2.75, 3.05) is 5.32 Å². The van der Waals surface area contributed by atoms with Crippen LogP contribution < -0.4 is 5.32 Å². The van der Waals surface area contributed by atoms with Gasteiger partial charge in [-0.25, -0.2) is 17.5 Å². The third kappa shape index (κ3) is 4.61. The Morgan fingerprint density at radius 2 is 1.73 bits per heavy atom. The predicted octanol–water partition coefficient (Wildman–Crippen LogP) is 4.39. The molecule has 1 aliphatic rings. The Morgan fingerprint density at radius 1 is 1.06 bits per heavy atom. The van der Waals surface area contributed by atoms with Crippen LogP contribution in [-0.2, 0) is 16.0 Å². The fraction of sp³-hybridized carbons (Fsp3) is 0.286. The number of hydrogen-bond acceptors (Lipinski definition) is 5. The number of aromatic nitrogens is 3. The van der Waals surface area contributed by atoms with Crippen LogP contribution in [-0.4, -0.2) is 34.6 Å². The number of anilines is 1. The van der Waals surface area contributed by atoms with E-state index in [0.29, 0.717) is 17.5 Å². The molecule has 1 fully saturated rings. The fourth-order valence-electron chi connectivity index (χ4n) is 3.78. The van der Waals surface area contributed by atoms with Gasteiger partial charge in [0.25, 0.3) is 5.91 Å². The summed E-state index contributed by atoms with van der Waals surface area (Å²) >= 11 is 0. The van der Waals surface area contributed by atoms with Crippen LogP contribution in [0.15, 0.2) is 53.4 Å². The van der Waals surface area contributed by atoms with E-state index in [4.69, 9.17) is 0 Å². The summed E-state index contributed by atoms with van der Waals surface area (Å²) in [4.78, 5) is 12.6. The van der Waals surface area contributed by atoms with Crippen molar-refractivity contribution in [1.29, 1.82) is 0 Å². The van der Waals surface area contributed by atoms with Gasteiger partial charge >= 0.3 is 6.18 Å². The normalized spacial score (nSPS) is 15.0. The number of amides is 1. The lowest BCUT2D eigenvalue weighted by atomic mass is 10.2. The summed E-state index contributed by atoms with van der Waals surface area (Å²) < 4.78 is 80.4. The molecule has 12 heteroatoms. The fourth-order valence-corrected chi connectivity index (χ4v) is 5.68. The topological polar surface area (TPSA) is 93.9 Å². The largest absolute Gasteiger partial charge is 0.435 e. The number of rotatable bonds is 5. The highest BCUT2D eigenvalue weighted by molar-refractivity contribution is 7.92. The highest BCUT2D eigenvalue weighted by Crippen LogP contribution is 2.34. The van der Waals surface area contributed by atoms with Crippen molar-refractivity contribution in [2.45, 2.75) is 42.0 Å². The Hall–Kier alpha value is -3.28. The second-order valence-electron chi connectivity index (χ2n) is 7.61. The maximum atomic E-state index is 13.8. The maximum absolute atomic E-state index is 13.8. The molecule has 7 nitrogen and oxygen atoms in total. The van der Waals surface area contributed by atoms with Crippen LogP contribution in [0.25, 0.3) is 5.69 Å². The number of halogens is 4. The second kappa shape index (κ2) is 8.58. The molecular weight excluding hydrogens is 464 g/mol. The van der Waals surface area contributed by atoms with E-state index in [1.165, 1.54) is 24.3 Å². The lowest BCUT2D eigenvalue weighted by Crippen LogP contribution is -2.21. The Labute approximate surface area is 186 Å². The van der Waals surface area contributed by atoms with Crippen molar-refractivity contribution in [3.05, 3.63) is 65.7 Å². The molecule has 0 saturated heterocycles. The van der Waals surface area contributed by atoms with E-state index in [-0.39, 0.29) is 16.3 Å². The van der Waals surface area contributed by atoms with Crippen LogP contribution >= 0.6 is 0 Å². The molecule has 0 spiro atoms. The lowest BCUT2D eigenvalue weighted by molar-refractivity contribution is -0.143. The first kappa shape index (κ1) is 22.9. The first-order valence-corrected chi connectivity index (χ1v) is 11.6. The summed E-state index contributed by atoms with van der Waals surface area (Å²) in [5.74, 6) is -1.87. The summed E-state index contributed by atoms with van der Waals surface area (Å²) in [5, 5.41) is 8.55. The SMILES string of the molecule is O=C(Nc1cccc(S(=O)(=O)C2CCCC2)c1)c1nnn(-c2ccc(F)cc2)c1C(F)(F)F. The molecule has 0 unspecified atom stereocenters. The van der Waals surface area contributed by atoms with Crippen LogP contribution in [0.2, 0.25) is 0 Å². The molecule has 174 valence electrons. The highest BCUT2D eigenvalue weighted by atomic mass is 32.2. The smallest absolute Gasteiger partial charge is 0.320 e. The molecule has 3 aromatic rings. The van der Waals surface area contributed by atoms with Crippen molar-refractivity contribution in [1.82, 2.24) is 15.0 Å². The summed E-state index contributed by atoms with van der Waals surface area (Å²) in [6, 6.07) is 9.40. The molecule has 1 saturated carbocycles. The van der Waals surface area contributed by atoms with Gasteiger partial charge < -0.3 is 5.32 Å². The van der Waals surface area contributed by atoms with Gasteiger partial charge in [0.15, 0.2) is 21.2 Å². The summed E-state index contributed by atoms with van der Waals surface area (Å²) in [5.41, 5.74) is -2.58. The summed E-state index contributed by atoms with van der Waals surface area (Å²) in [7, 11) is -3.62. The van der Waals surface area contributed by atoms with Crippen LogP contribution in [0.1, 0.15) is 41.9 Å². The zero-order valence-electron chi connectivity index (χ0n) is 17.0. The third-order valence-electron chi connectivity index (χ3n) is 5.39. The summed E-state index contributed by atoms with van der Waals surface area (Å²) in [6.07, 6.45) is -2.30. The van der Waals surface area contributed by atoms with Crippen molar-refractivity contribution in [2.24, 2.45) is 0 Å². The van der Waals surface area contributed by atoms with E-state index in [1.54, 1.807) is 0 Å². The number of sulfone groups is 1. The monoisotopic (exact) mass is 482 g/mol. The number of carbonyl (C=O) groups is 1. The Bertz CT molecular complexity index is 1280. The molecular formula is C21H18F4N4O3S. The average molecular weight is 482 g/mol. The average Bonchev–Trinajstić information content (AvgIpc) is 3.45. The van der Waals surface area contributed by atoms with Crippen molar-refractivity contribution < 1.29 is 30.8 Å². The van der Waals surface area contributed by atoms with Gasteiger partial charge in [-0.1, -0.05) is 24.1 Å². The quantitative estimate of drug-likeness (QED) is 0.545. The molecule has 0 bridgehead atoms. The molecule has 0 aliphatic heterocycles. The summed E-state index contributed by atoms with van der Waals surface area (Å²) in [6.45, 7) is 0. The van der Waals surface area contributed by atoms with Gasteiger partial charge in [-0.2, -0.15) is 13.2 Å². The van der Waals surface area contributed by atoms with E-state index in [1.807, 2.05) is 0 Å². The number of nitrogens with one attached hydrogen (secondary N) is 1. The van der Waals surface area contributed by atoms with Gasteiger partial charge in [0, 0.05) is 5.69 Å². The third-order valence-corrected chi connectivity index (χ3v) is 7.65. The van der Waals surface area contributed by atoms with E-state index in [0.717, 1.165) is 37.1 Å². The number of alkyl halides is 3. The zero-order chi connectivity index (χ0) is 23.8. The minimum Gasteiger partial charge on any atom is -0.320 e. The van der Waals surface area contributed by atoms with E-state index in [2.05, 4.69) is 15.6 Å². The van der Waals surface area contributed by atoms with E-state index < -0.39 is 44.4 Å². The Kier molecular flexibility index (Phi) is 5.95. The van der Waals surface area contributed by atoms with Gasteiger partial charge in [0.2, 0.25) is 0 Å². The van der Waals surface area contributed by atoms with Crippen LogP contribution in [0, 0.1) is 5.82 Å². The molecule has 4 rings (SSSR count). The van der Waals surface area contributed by atoms with Crippen molar-refractivity contribution in [3.8, 4) is 5.69 Å². The molecule has 1 amide bonds. The van der Waals surface area contributed by atoms with Crippen LogP contribution in [0.5, 0.6) is 0 Å². The second-order valence-corrected chi connectivity index (χ2v) is 9.83. The van der Waals surface area contributed by atoms with Gasteiger partial charge in [0.05, 0.1) is 15.8 Å². The van der Waals surface area contributed by atoms with Crippen LogP contribution in [0.3, 0.4) is 0 Å². The van der Waals surface area contributed by atoms with Gasteiger partial charge in [-0.15, -0.1) is 5.10 Å². The molecule has 0 atom stereocenters. The van der Waals surface area contributed by atoms with Gasteiger partial charge in [-0.3, -0.25) is 4.79 Å². The predicted molar refractivity (Wildman–Crippen MR) is 110 cm³/mol. The van der Waals surface area contributed by atoms with Gasteiger partial charge in [-0.05, 0) is 55.3 Å². The first-order valence-electron chi connectivity index (χ1n) is 10.0. The molecule has 1 aromatic heterocycles. The van der Waals surface area contributed by atoms with E-state index >= 15 is 0 Å². The molecule has 1 heterocycles. The number of hydrogen-bond donors (Lipinski definition) is 1. The molecule has 1 aliphatic carbocycles. The van der Waals surface area contributed by atoms with Crippen molar-refractivity contribution >= 4 is 21.4 Å². The lowest BCUT2D eigenvalue weighted by Gasteiger charge is -2.13. The zero-order valence-corrected chi connectivity index (χ0v) is 17.8. The minimum atomic E-state index is -5.00.